The van der Waals surface area contributed by atoms with Crippen molar-refractivity contribution in [2.75, 3.05) is 11.5 Å². The van der Waals surface area contributed by atoms with E-state index in [1.54, 1.807) is 11.0 Å². The number of aryl methyl sites for hydroxylation is 1. The molecule has 0 aliphatic rings. The number of carbonyl (C=O) groups is 2. The summed E-state index contributed by atoms with van der Waals surface area (Å²) >= 11 is 1.39. The van der Waals surface area contributed by atoms with Crippen molar-refractivity contribution in [1.29, 1.82) is 0 Å². The van der Waals surface area contributed by atoms with Crippen LogP contribution in [0.3, 0.4) is 0 Å². The van der Waals surface area contributed by atoms with Crippen LogP contribution >= 0.6 is 11.3 Å². The molecule has 2 heterocycles. The molecule has 0 fully saturated rings. The monoisotopic (exact) mass is 415 g/mol. The van der Waals surface area contributed by atoms with Gasteiger partial charge in [0.25, 0.3) is 11.8 Å². The van der Waals surface area contributed by atoms with Gasteiger partial charge in [0.05, 0.1) is 17.8 Å². The van der Waals surface area contributed by atoms with Gasteiger partial charge >= 0.3 is 11.7 Å². The highest BCUT2D eigenvalue weighted by atomic mass is 32.1. The highest BCUT2D eigenvalue weighted by Crippen LogP contribution is 2.21. The summed E-state index contributed by atoms with van der Waals surface area (Å²) in [6.07, 6.45) is -0.101. The zero-order chi connectivity index (χ0) is 20.8. The van der Waals surface area contributed by atoms with E-state index in [1.807, 2.05) is 55.6 Å². The molecule has 3 rings (SSSR count). The van der Waals surface area contributed by atoms with Crippen LogP contribution in [0.15, 0.2) is 57.1 Å². The normalized spacial score (nSPS) is 10.9. The Morgan fingerprint density at radius 3 is 2.62 bits per heavy atom. The smallest absolute Gasteiger partial charge is 0.437 e. The minimum absolute atomic E-state index is 0.00725. The summed E-state index contributed by atoms with van der Waals surface area (Å²) in [5, 5.41) is 5.92. The van der Waals surface area contributed by atoms with Crippen molar-refractivity contribution >= 4 is 28.9 Å². The summed E-state index contributed by atoms with van der Waals surface area (Å²) in [4.78, 5) is 38.7. The van der Waals surface area contributed by atoms with Gasteiger partial charge in [-0.15, -0.1) is 16.4 Å². The van der Waals surface area contributed by atoms with E-state index >= 15 is 0 Å². The van der Waals surface area contributed by atoms with Crippen LogP contribution in [0.5, 0.6) is 0 Å². The van der Waals surface area contributed by atoms with Crippen molar-refractivity contribution in [1.82, 2.24) is 9.78 Å². The van der Waals surface area contributed by atoms with Crippen LogP contribution in [0.2, 0.25) is 0 Å². The number of nitrogens with zero attached hydrogens (tertiary/aromatic N) is 3. The molecule has 9 heteroatoms. The Labute approximate surface area is 171 Å². The highest BCUT2D eigenvalue weighted by molar-refractivity contribution is 7.13. The Kier molecular flexibility index (Phi) is 6.61. The van der Waals surface area contributed by atoms with E-state index in [2.05, 4.69) is 5.10 Å². The quantitative estimate of drug-likeness (QED) is 0.525. The van der Waals surface area contributed by atoms with Crippen LogP contribution in [0.25, 0.3) is 10.8 Å². The third-order valence-corrected chi connectivity index (χ3v) is 4.90. The van der Waals surface area contributed by atoms with Crippen LogP contribution < -0.4 is 10.7 Å². The summed E-state index contributed by atoms with van der Waals surface area (Å²) in [5.74, 6) is -1.35. The molecule has 29 heavy (non-hydrogen) atoms. The number of hydrogen-bond donors (Lipinski definition) is 0. The Hall–Kier alpha value is -3.20. The molecule has 0 saturated heterocycles. The van der Waals surface area contributed by atoms with Crippen molar-refractivity contribution in [3.05, 3.63) is 58.4 Å². The van der Waals surface area contributed by atoms with Gasteiger partial charge in [0, 0.05) is 11.7 Å². The summed E-state index contributed by atoms with van der Waals surface area (Å²) in [6, 6.07) is 12.7. The third kappa shape index (κ3) is 5.20. The molecule has 0 radical (unpaired) electrons. The van der Waals surface area contributed by atoms with Crippen molar-refractivity contribution < 1.29 is 18.7 Å². The number of ether oxygens (including phenoxy) is 1. The highest BCUT2D eigenvalue weighted by Gasteiger charge is 2.20. The third-order valence-electron chi connectivity index (χ3n) is 4.04. The number of thiophene rings is 1. The molecule has 3 aromatic rings. The zero-order valence-electron chi connectivity index (χ0n) is 16.1. The zero-order valence-corrected chi connectivity index (χ0v) is 16.9. The van der Waals surface area contributed by atoms with Crippen LogP contribution in [-0.4, -0.2) is 34.3 Å². The first kappa shape index (κ1) is 20.5. The first-order valence-corrected chi connectivity index (χ1v) is 9.98. The Balaban J connectivity index is 1.53. The maximum Gasteiger partial charge on any atom is 0.437 e. The van der Waals surface area contributed by atoms with Gasteiger partial charge in [-0.25, -0.2) is 4.79 Å². The fourth-order valence-electron chi connectivity index (χ4n) is 2.75. The van der Waals surface area contributed by atoms with E-state index in [1.165, 1.54) is 11.3 Å². The lowest BCUT2D eigenvalue weighted by molar-refractivity contribution is -0.148. The van der Waals surface area contributed by atoms with Gasteiger partial charge < -0.3 is 14.1 Å². The van der Waals surface area contributed by atoms with Gasteiger partial charge in [-0.05, 0) is 37.4 Å². The maximum absolute atomic E-state index is 12.5. The summed E-state index contributed by atoms with van der Waals surface area (Å²) in [7, 11) is 0. The van der Waals surface area contributed by atoms with Gasteiger partial charge in [-0.2, -0.15) is 4.68 Å². The van der Waals surface area contributed by atoms with Crippen molar-refractivity contribution in [3.8, 4) is 10.8 Å². The largest absolute Gasteiger partial charge is 0.455 e. The minimum atomic E-state index is -0.646. The number of esters is 1. The maximum atomic E-state index is 12.5. The first-order valence-electron chi connectivity index (χ1n) is 9.10. The number of rotatable bonds is 8. The van der Waals surface area contributed by atoms with Crippen LogP contribution in [0.4, 0.5) is 5.69 Å². The fourth-order valence-corrected chi connectivity index (χ4v) is 3.39. The van der Waals surface area contributed by atoms with E-state index in [4.69, 9.17) is 9.15 Å². The molecule has 8 nitrogen and oxygen atoms in total. The molecular formula is C20H21N3O5S. The molecular weight excluding hydrogens is 394 g/mol. The van der Waals surface area contributed by atoms with E-state index in [-0.39, 0.29) is 37.4 Å². The van der Waals surface area contributed by atoms with E-state index in [0.29, 0.717) is 0 Å². The number of para-hydroxylation sites is 1. The minimum Gasteiger partial charge on any atom is -0.455 e. The Bertz CT molecular complexity index is 1010. The molecule has 0 aliphatic carbocycles. The second-order valence-corrected chi connectivity index (χ2v) is 7.42. The molecule has 2 aromatic heterocycles. The van der Waals surface area contributed by atoms with E-state index in [9.17, 15) is 14.4 Å². The molecule has 1 aromatic carbocycles. The number of anilines is 1. The number of hydrogen-bond acceptors (Lipinski definition) is 7. The molecule has 0 saturated carbocycles. The van der Waals surface area contributed by atoms with Gasteiger partial charge in [-0.3, -0.25) is 9.59 Å². The molecule has 0 bridgehead atoms. The Morgan fingerprint density at radius 1 is 1.21 bits per heavy atom. The SMILES string of the molecule is CC(C)N(C(=O)COC(=O)CCn1nc(-c2cccs2)oc1=O)c1ccccc1. The van der Waals surface area contributed by atoms with Crippen LogP contribution in [0, 0.1) is 0 Å². The number of carbonyl (C=O) groups excluding carboxylic acids is 2. The molecule has 1 amide bonds. The average molecular weight is 415 g/mol. The van der Waals surface area contributed by atoms with E-state index < -0.39 is 11.7 Å². The van der Waals surface area contributed by atoms with E-state index in [0.717, 1.165) is 15.2 Å². The van der Waals surface area contributed by atoms with Crippen molar-refractivity contribution in [2.45, 2.75) is 32.9 Å². The van der Waals surface area contributed by atoms with Gasteiger partial charge in [-0.1, -0.05) is 24.3 Å². The lowest BCUT2D eigenvalue weighted by Gasteiger charge is -2.26. The molecule has 152 valence electrons. The summed E-state index contributed by atoms with van der Waals surface area (Å²) in [5.41, 5.74) is 0.735. The molecule has 0 spiro atoms. The van der Waals surface area contributed by atoms with Crippen molar-refractivity contribution in [3.63, 3.8) is 0 Å². The molecule has 0 aliphatic heterocycles. The number of benzene rings is 1. The average Bonchev–Trinajstić information content (AvgIpc) is 3.35. The van der Waals surface area contributed by atoms with Gasteiger partial charge in [0.1, 0.15) is 0 Å². The lowest BCUT2D eigenvalue weighted by atomic mass is 10.2. The first-order chi connectivity index (χ1) is 14.0. The molecule has 0 atom stereocenters. The summed E-state index contributed by atoms with van der Waals surface area (Å²) in [6.45, 7) is 3.40. The van der Waals surface area contributed by atoms with Crippen LogP contribution in [0.1, 0.15) is 20.3 Å². The van der Waals surface area contributed by atoms with Gasteiger partial charge in [0.2, 0.25) is 0 Å². The summed E-state index contributed by atoms with van der Waals surface area (Å²) < 4.78 is 11.3. The predicted octanol–water partition coefficient (Wildman–Crippen LogP) is 2.94. The Morgan fingerprint density at radius 2 is 1.97 bits per heavy atom. The lowest BCUT2D eigenvalue weighted by Crippen LogP contribution is -2.40. The predicted molar refractivity (Wildman–Crippen MR) is 109 cm³/mol. The fraction of sp³-hybridized carbons (Fsp3) is 0.300. The molecule has 0 N–H and O–H groups in total. The standard InChI is InChI=1S/C20H21N3O5S/c1-14(2)23(15-7-4-3-5-8-15)17(24)13-27-18(25)10-11-22-20(26)28-19(21-22)16-9-6-12-29-16/h3-9,12,14H,10-11,13H2,1-2H3. The second-order valence-electron chi connectivity index (χ2n) is 6.48. The topological polar surface area (TPSA) is 94.6 Å². The van der Waals surface area contributed by atoms with Crippen molar-refractivity contribution in [2.24, 2.45) is 0 Å². The number of amides is 1. The number of aromatic nitrogens is 2. The second kappa shape index (κ2) is 9.33. The molecule has 0 unspecified atom stereocenters. The van der Waals surface area contributed by atoms with Gasteiger partial charge in [0.15, 0.2) is 6.61 Å². The van der Waals surface area contributed by atoms with Crippen LogP contribution in [-0.2, 0) is 20.9 Å².